The molecule has 1 amide bonds. The molecule has 4 aromatic rings. The molecule has 0 unspecified atom stereocenters. The second-order valence-corrected chi connectivity index (χ2v) is 8.27. The van der Waals surface area contributed by atoms with Crippen LogP contribution in [0.3, 0.4) is 0 Å². The summed E-state index contributed by atoms with van der Waals surface area (Å²) in [4.78, 5) is 31.1. The Hall–Kier alpha value is -3.98. The summed E-state index contributed by atoms with van der Waals surface area (Å²) in [7, 11) is 1.60. The van der Waals surface area contributed by atoms with Crippen LogP contribution in [-0.2, 0) is 17.8 Å². The fraction of sp³-hybridized carbons (Fsp3) is 0.280. The van der Waals surface area contributed by atoms with E-state index in [1.54, 1.807) is 36.1 Å². The van der Waals surface area contributed by atoms with Crippen molar-refractivity contribution in [2.75, 3.05) is 13.7 Å². The summed E-state index contributed by atoms with van der Waals surface area (Å²) in [6.07, 6.45) is 3.35. The van der Waals surface area contributed by atoms with Crippen LogP contribution >= 0.6 is 0 Å². The van der Waals surface area contributed by atoms with E-state index in [2.05, 4.69) is 10.3 Å². The molecule has 0 spiro atoms. The average molecular weight is 460 g/mol. The lowest BCUT2D eigenvalue weighted by Gasteiger charge is -2.17. The zero-order valence-corrected chi connectivity index (χ0v) is 18.8. The Labute approximate surface area is 195 Å². The lowest BCUT2D eigenvalue weighted by Crippen LogP contribution is -2.36. The van der Waals surface area contributed by atoms with E-state index in [0.29, 0.717) is 24.4 Å². The highest BCUT2D eigenvalue weighted by Gasteiger charge is 2.22. The first kappa shape index (κ1) is 21.8. The maximum absolute atomic E-state index is 13.3. The van der Waals surface area contributed by atoms with Gasteiger partial charge >= 0.3 is 0 Å². The van der Waals surface area contributed by atoms with Gasteiger partial charge in [-0.05, 0) is 48.7 Å². The molecule has 0 saturated carbocycles. The molecule has 9 heteroatoms. The topological polar surface area (TPSA) is 111 Å². The third-order valence-electron chi connectivity index (χ3n) is 6.09. The number of hydrogen-bond donors (Lipinski definition) is 2. The summed E-state index contributed by atoms with van der Waals surface area (Å²) < 4.78 is 14.0. The van der Waals surface area contributed by atoms with Crippen LogP contribution in [0.2, 0.25) is 0 Å². The smallest absolute Gasteiger partial charge is 0.267 e. The molecule has 1 atom stereocenters. The third-order valence-corrected chi connectivity index (χ3v) is 6.09. The van der Waals surface area contributed by atoms with Crippen molar-refractivity contribution in [1.29, 1.82) is 5.41 Å². The number of pyridine rings is 2. The summed E-state index contributed by atoms with van der Waals surface area (Å²) >= 11 is 0. The van der Waals surface area contributed by atoms with Gasteiger partial charge in [0.05, 0.1) is 30.7 Å². The number of carbonyl (C=O) groups excluding carboxylic acids is 1. The molecule has 0 aliphatic carbocycles. The summed E-state index contributed by atoms with van der Waals surface area (Å²) in [6.45, 7) is 1.29. The second kappa shape index (κ2) is 9.11. The minimum Gasteiger partial charge on any atom is -0.497 e. The Morgan fingerprint density at radius 1 is 1.26 bits per heavy atom. The number of nitrogens with one attached hydrogen (secondary N) is 2. The molecule has 1 aliphatic heterocycles. The summed E-state index contributed by atoms with van der Waals surface area (Å²) in [5.41, 5.74) is 1.59. The van der Waals surface area contributed by atoms with Crippen molar-refractivity contribution >= 4 is 22.6 Å². The Bertz CT molecular complexity index is 1480. The first-order valence-corrected chi connectivity index (χ1v) is 11.2. The maximum Gasteiger partial charge on any atom is 0.267 e. The summed E-state index contributed by atoms with van der Waals surface area (Å²) in [6, 6.07) is 14.1. The first-order chi connectivity index (χ1) is 16.5. The fourth-order valence-electron chi connectivity index (χ4n) is 4.25. The summed E-state index contributed by atoms with van der Waals surface area (Å²) in [5, 5.41) is 12.0. The van der Waals surface area contributed by atoms with Crippen LogP contribution in [0.25, 0.3) is 16.7 Å². The molecular formula is C25H25N5O4. The van der Waals surface area contributed by atoms with E-state index in [1.807, 2.05) is 24.3 Å². The normalized spacial score (nSPS) is 15.6. The van der Waals surface area contributed by atoms with Gasteiger partial charge in [0.25, 0.3) is 11.5 Å². The minimum absolute atomic E-state index is 0.00223. The van der Waals surface area contributed by atoms with E-state index in [9.17, 15) is 9.59 Å². The van der Waals surface area contributed by atoms with Crippen molar-refractivity contribution in [3.8, 4) is 5.75 Å². The molecule has 3 aromatic heterocycles. The Kier molecular flexibility index (Phi) is 5.85. The van der Waals surface area contributed by atoms with Crippen molar-refractivity contribution in [2.24, 2.45) is 0 Å². The van der Waals surface area contributed by atoms with Gasteiger partial charge in [-0.2, -0.15) is 0 Å². The zero-order valence-electron chi connectivity index (χ0n) is 18.8. The predicted molar refractivity (Wildman–Crippen MR) is 126 cm³/mol. The lowest BCUT2D eigenvalue weighted by molar-refractivity contribution is 0.0931. The molecule has 0 radical (unpaired) electrons. The number of benzene rings is 1. The number of methoxy groups -OCH3 is 1. The van der Waals surface area contributed by atoms with Gasteiger partial charge in [-0.1, -0.05) is 18.2 Å². The molecular weight excluding hydrogens is 434 g/mol. The monoisotopic (exact) mass is 459 g/mol. The molecule has 34 heavy (non-hydrogen) atoms. The summed E-state index contributed by atoms with van der Waals surface area (Å²) in [5.74, 6) is 0.301. The van der Waals surface area contributed by atoms with Gasteiger partial charge < -0.3 is 19.4 Å². The Balaban J connectivity index is 1.57. The molecule has 174 valence electrons. The number of rotatable bonds is 6. The van der Waals surface area contributed by atoms with E-state index in [1.165, 1.54) is 10.5 Å². The van der Waals surface area contributed by atoms with Crippen molar-refractivity contribution in [2.45, 2.75) is 32.0 Å². The van der Waals surface area contributed by atoms with E-state index in [4.69, 9.17) is 14.9 Å². The van der Waals surface area contributed by atoms with E-state index < -0.39 is 5.91 Å². The average Bonchev–Trinajstić information content (AvgIpc) is 3.38. The molecule has 0 bridgehead atoms. The molecule has 5 rings (SSSR count). The molecule has 4 heterocycles. The first-order valence-electron chi connectivity index (χ1n) is 11.2. The second-order valence-electron chi connectivity index (χ2n) is 8.27. The standard InChI is InChI=1S/C25H25N5O4/c1-33-17-9-7-16(8-10-17)14-27-24(31)19-13-20-23(28-21-6-2-3-11-29(21)25(20)32)30(22(19)26)15-18-5-4-12-34-18/h2-3,6-11,13,18,26H,4-5,12,14-15H2,1H3,(H,27,31)/t18-/m0/s1. The van der Waals surface area contributed by atoms with Gasteiger partial charge in [-0.3, -0.25) is 19.4 Å². The van der Waals surface area contributed by atoms with Crippen molar-refractivity contribution in [3.05, 3.63) is 81.7 Å². The fourth-order valence-corrected chi connectivity index (χ4v) is 4.25. The van der Waals surface area contributed by atoms with Crippen molar-refractivity contribution in [3.63, 3.8) is 0 Å². The van der Waals surface area contributed by atoms with Gasteiger partial charge in [0.2, 0.25) is 0 Å². The van der Waals surface area contributed by atoms with Crippen LogP contribution in [-0.4, -0.2) is 39.7 Å². The molecule has 9 nitrogen and oxygen atoms in total. The van der Waals surface area contributed by atoms with Crippen LogP contribution in [0, 0.1) is 5.41 Å². The van der Waals surface area contributed by atoms with Gasteiger partial charge in [0.15, 0.2) is 0 Å². The number of fused-ring (bicyclic) bond motifs is 2. The van der Waals surface area contributed by atoms with Gasteiger partial charge in [-0.15, -0.1) is 0 Å². The van der Waals surface area contributed by atoms with Crippen LogP contribution in [0.4, 0.5) is 0 Å². The largest absolute Gasteiger partial charge is 0.497 e. The Morgan fingerprint density at radius 3 is 2.82 bits per heavy atom. The highest BCUT2D eigenvalue weighted by atomic mass is 16.5. The SMILES string of the molecule is COc1ccc(CNC(=O)c2cc3c(=O)n4ccccc4nc3n(C[C@@H]3CCCO3)c2=N)cc1. The van der Waals surface area contributed by atoms with Crippen molar-refractivity contribution < 1.29 is 14.3 Å². The minimum atomic E-state index is -0.429. The number of carbonyl (C=O) groups is 1. The molecule has 1 fully saturated rings. The molecule has 1 aromatic carbocycles. The van der Waals surface area contributed by atoms with E-state index >= 15 is 0 Å². The van der Waals surface area contributed by atoms with Crippen LogP contribution in [0.5, 0.6) is 5.75 Å². The number of amides is 1. The number of hydrogen-bond acceptors (Lipinski definition) is 6. The third kappa shape index (κ3) is 4.06. The van der Waals surface area contributed by atoms with Gasteiger partial charge in [0.1, 0.15) is 22.5 Å². The zero-order chi connectivity index (χ0) is 23.7. The van der Waals surface area contributed by atoms with Crippen LogP contribution in [0.1, 0.15) is 28.8 Å². The van der Waals surface area contributed by atoms with E-state index in [-0.39, 0.29) is 34.6 Å². The number of aromatic nitrogens is 3. The van der Waals surface area contributed by atoms with Crippen LogP contribution < -0.4 is 21.1 Å². The van der Waals surface area contributed by atoms with E-state index in [0.717, 1.165) is 24.2 Å². The van der Waals surface area contributed by atoms with Crippen LogP contribution in [0.15, 0.2) is 59.5 Å². The van der Waals surface area contributed by atoms with Crippen molar-refractivity contribution in [1.82, 2.24) is 19.3 Å². The Morgan fingerprint density at radius 2 is 2.09 bits per heavy atom. The molecule has 1 saturated heterocycles. The number of nitrogens with zero attached hydrogens (tertiary/aromatic N) is 3. The lowest BCUT2D eigenvalue weighted by atomic mass is 10.1. The van der Waals surface area contributed by atoms with Gasteiger partial charge in [0, 0.05) is 19.3 Å². The maximum atomic E-state index is 13.3. The predicted octanol–water partition coefficient (Wildman–Crippen LogP) is 2.25. The van der Waals surface area contributed by atoms with Gasteiger partial charge in [-0.25, -0.2) is 4.98 Å². The quantitative estimate of drug-likeness (QED) is 0.430. The highest BCUT2D eigenvalue weighted by molar-refractivity contribution is 5.96. The highest BCUT2D eigenvalue weighted by Crippen LogP contribution is 2.17. The molecule has 2 N–H and O–H groups in total. The molecule has 1 aliphatic rings. The number of ether oxygens (including phenoxy) is 2.